The van der Waals surface area contributed by atoms with Crippen LogP contribution >= 0.6 is 0 Å². The molecule has 1 aliphatic carbocycles. The Hall–Kier alpha value is -1.02. The van der Waals surface area contributed by atoms with Crippen LogP contribution in [0.2, 0.25) is 0 Å². The van der Waals surface area contributed by atoms with E-state index in [4.69, 9.17) is 4.74 Å². The summed E-state index contributed by atoms with van der Waals surface area (Å²) in [6.07, 6.45) is 5.23. The first kappa shape index (κ1) is 13.4. The standard InChI is InChI=1S/C16H25NO/c1-12(2)13-6-4-8-15(10-13)18-16-9-5-7-14(11-16)17-3/h4,6,8,10,12,14,16-17H,5,7,9,11H2,1-3H3. The molecular formula is C16H25NO. The van der Waals surface area contributed by atoms with E-state index in [1.165, 1.54) is 24.8 Å². The third-order valence-corrected chi connectivity index (χ3v) is 3.86. The first-order valence-electron chi connectivity index (χ1n) is 7.13. The van der Waals surface area contributed by atoms with Crippen molar-refractivity contribution in [1.82, 2.24) is 5.32 Å². The lowest BCUT2D eigenvalue weighted by molar-refractivity contribution is 0.137. The molecule has 2 nitrogen and oxygen atoms in total. The molecule has 1 N–H and O–H groups in total. The fraction of sp³-hybridized carbons (Fsp3) is 0.625. The second kappa shape index (κ2) is 6.24. The Morgan fingerprint density at radius 2 is 2.11 bits per heavy atom. The Kier molecular flexibility index (Phi) is 4.65. The number of nitrogens with one attached hydrogen (secondary N) is 1. The van der Waals surface area contributed by atoms with Crippen LogP contribution < -0.4 is 10.1 Å². The molecule has 100 valence electrons. The molecule has 0 saturated heterocycles. The maximum Gasteiger partial charge on any atom is 0.120 e. The van der Waals surface area contributed by atoms with Crippen molar-refractivity contribution >= 4 is 0 Å². The second-order valence-electron chi connectivity index (χ2n) is 5.62. The second-order valence-corrected chi connectivity index (χ2v) is 5.62. The number of hydrogen-bond acceptors (Lipinski definition) is 2. The molecule has 2 heteroatoms. The third-order valence-electron chi connectivity index (χ3n) is 3.86. The van der Waals surface area contributed by atoms with Gasteiger partial charge >= 0.3 is 0 Å². The quantitative estimate of drug-likeness (QED) is 0.875. The lowest BCUT2D eigenvalue weighted by Crippen LogP contribution is -2.36. The maximum absolute atomic E-state index is 6.14. The topological polar surface area (TPSA) is 21.3 Å². The highest BCUT2D eigenvalue weighted by molar-refractivity contribution is 5.30. The van der Waals surface area contributed by atoms with Crippen molar-refractivity contribution in [3.8, 4) is 5.75 Å². The minimum Gasteiger partial charge on any atom is -0.490 e. The van der Waals surface area contributed by atoms with Crippen molar-refractivity contribution in [2.24, 2.45) is 0 Å². The van der Waals surface area contributed by atoms with Gasteiger partial charge in [-0.2, -0.15) is 0 Å². The van der Waals surface area contributed by atoms with Crippen molar-refractivity contribution in [3.63, 3.8) is 0 Å². The average molecular weight is 247 g/mol. The summed E-state index contributed by atoms with van der Waals surface area (Å²) in [4.78, 5) is 0. The molecule has 0 aromatic heterocycles. The minimum atomic E-state index is 0.374. The molecule has 0 amide bonds. The predicted octanol–water partition coefficient (Wildman–Crippen LogP) is 3.72. The Morgan fingerprint density at radius 1 is 1.28 bits per heavy atom. The van der Waals surface area contributed by atoms with Crippen molar-refractivity contribution in [1.29, 1.82) is 0 Å². The van der Waals surface area contributed by atoms with E-state index in [1.54, 1.807) is 0 Å². The van der Waals surface area contributed by atoms with Crippen LogP contribution in [0, 0.1) is 0 Å². The molecule has 2 rings (SSSR count). The summed E-state index contributed by atoms with van der Waals surface area (Å²) >= 11 is 0. The van der Waals surface area contributed by atoms with Gasteiger partial charge in [-0.25, -0.2) is 0 Å². The van der Waals surface area contributed by atoms with E-state index in [1.807, 2.05) is 7.05 Å². The van der Waals surface area contributed by atoms with Gasteiger partial charge in [-0.15, -0.1) is 0 Å². The molecule has 0 aliphatic heterocycles. The number of hydrogen-bond donors (Lipinski definition) is 1. The van der Waals surface area contributed by atoms with Crippen molar-refractivity contribution in [2.45, 2.75) is 57.6 Å². The molecule has 2 atom stereocenters. The molecule has 0 heterocycles. The molecule has 0 radical (unpaired) electrons. The van der Waals surface area contributed by atoms with Gasteiger partial charge in [-0.05, 0) is 56.3 Å². The molecule has 1 fully saturated rings. The summed E-state index contributed by atoms with van der Waals surface area (Å²) in [7, 11) is 2.05. The largest absolute Gasteiger partial charge is 0.490 e. The number of rotatable bonds is 4. The van der Waals surface area contributed by atoms with Gasteiger partial charge in [0, 0.05) is 6.04 Å². The first-order valence-corrected chi connectivity index (χ1v) is 7.13. The van der Waals surface area contributed by atoms with Crippen LogP contribution in [0.25, 0.3) is 0 Å². The Morgan fingerprint density at radius 3 is 2.83 bits per heavy atom. The fourth-order valence-electron chi connectivity index (χ4n) is 2.65. The average Bonchev–Trinajstić information content (AvgIpc) is 2.39. The van der Waals surface area contributed by atoms with E-state index >= 15 is 0 Å². The molecule has 0 bridgehead atoms. The molecule has 2 unspecified atom stereocenters. The zero-order valence-corrected chi connectivity index (χ0v) is 11.8. The molecule has 1 aliphatic rings. The Labute approximate surface area is 111 Å². The van der Waals surface area contributed by atoms with Crippen LogP contribution in [0.15, 0.2) is 24.3 Å². The van der Waals surface area contributed by atoms with E-state index in [2.05, 4.69) is 43.4 Å². The third kappa shape index (κ3) is 3.49. The maximum atomic E-state index is 6.14. The summed E-state index contributed by atoms with van der Waals surface area (Å²) in [5, 5.41) is 3.37. The van der Waals surface area contributed by atoms with Crippen LogP contribution in [0.5, 0.6) is 5.75 Å². The molecule has 1 aromatic carbocycles. The summed E-state index contributed by atoms with van der Waals surface area (Å²) in [5.74, 6) is 1.59. The van der Waals surface area contributed by atoms with E-state index in [9.17, 15) is 0 Å². The van der Waals surface area contributed by atoms with Gasteiger partial charge in [0.15, 0.2) is 0 Å². The van der Waals surface area contributed by atoms with Crippen LogP contribution in [0.1, 0.15) is 51.0 Å². The molecule has 1 saturated carbocycles. The lowest BCUT2D eigenvalue weighted by Gasteiger charge is -2.29. The summed E-state index contributed by atoms with van der Waals surface area (Å²) < 4.78 is 6.14. The molecule has 0 spiro atoms. The van der Waals surface area contributed by atoms with Crippen LogP contribution in [0.4, 0.5) is 0 Å². The zero-order chi connectivity index (χ0) is 13.0. The summed E-state index contributed by atoms with van der Waals surface area (Å²) in [6, 6.07) is 9.16. The Bertz CT molecular complexity index is 375. The smallest absolute Gasteiger partial charge is 0.120 e. The van der Waals surface area contributed by atoms with Crippen LogP contribution in [0.3, 0.4) is 0 Å². The van der Waals surface area contributed by atoms with E-state index in [0.717, 1.165) is 12.2 Å². The highest BCUT2D eigenvalue weighted by Gasteiger charge is 2.22. The fourth-order valence-corrected chi connectivity index (χ4v) is 2.65. The molecule has 1 aromatic rings. The van der Waals surface area contributed by atoms with Crippen LogP contribution in [-0.2, 0) is 0 Å². The SMILES string of the molecule is CNC1CCCC(Oc2cccc(C(C)C)c2)C1. The number of ether oxygens (including phenoxy) is 1. The minimum absolute atomic E-state index is 0.374. The highest BCUT2D eigenvalue weighted by atomic mass is 16.5. The van der Waals surface area contributed by atoms with E-state index in [-0.39, 0.29) is 0 Å². The summed E-state index contributed by atoms with van der Waals surface area (Å²) in [5.41, 5.74) is 1.36. The normalized spacial score (nSPS) is 24.2. The molecule has 18 heavy (non-hydrogen) atoms. The monoisotopic (exact) mass is 247 g/mol. The summed E-state index contributed by atoms with van der Waals surface area (Å²) in [6.45, 7) is 4.44. The number of benzene rings is 1. The predicted molar refractivity (Wildman–Crippen MR) is 76.3 cm³/mol. The Balaban J connectivity index is 1.98. The lowest BCUT2D eigenvalue weighted by atomic mass is 9.93. The highest BCUT2D eigenvalue weighted by Crippen LogP contribution is 2.26. The molecular weight excluding hydrogens is 222 g/mol. The van der Waals surface area contributed by atoms with Gasteiger partial charge in [0.25, 0.3) is 0 Å². The van der Waals surface area contributed by atoms with Gasteiger partial charge in [0.2, 0.25) is 0 Å². The van der Waals surface area contributed by atoms with Gasteiger partial charge in [-0.3, -0.25) is 0 Å². The first-order chi connectivity index (χ1) is 8.69. The zero-order valence-electron chi connectivity index (χ0n) is 11.8. The van der Waals surface area contributed by atoms with Crippen molar-refractivity contribution in [3.05, 3.63) is 29.8 Å². The van der Waals surface area contributed by atoms with E-state index < -0.39 is 0 Å². The van der Waals surface area contributed by atoms with Gasteiger partial charge in [0.05, 0.1) is 0 Å². The van der Waals surface area contributed by atoms with Crippen LogP contribution in [-0.4, -0.2) is 19.2 Å². The van der Waals surface area contributed by atoms with Gasteiger partial charge < -0.3 is 10.1 Å². The van der Waals surface area contributed by atoms with Crippen molar-refractivity contribution in [2.75, 3.05) is 7.05 Å². The van der Waals surface area contributed by atoms with Gasteiger partial charge in [-0.1, -0.05) is 26.0 Å². The van der Waals surface area contributed by atoms with E-state index in [0.29, 0.717) is 18.1 Å². The van der Waals surface area contributed by atoms with Gasteiger partial charge in [0.1, 0.15) is 11.9 Å². The van der Waals surface area contributed by atoms with Crippen molar-refractivity contribution < 1.29 is 4.74 Å².